The number of rotatable bonds is 11. The van der Waals surface area contributed by atoms with Crippen LogP contribution >= 0.6 is 23.0 Å². The smallest absolute Gasteiger partial charge is 0.423 e. The van der Waals surface area contributed by atoms with Gasteiger partial charge in [0.15, 0.2) is 0 Å². The van der Waals surface area contributed by atoms with Gasteiger partial charge in [0.25, 0.3) is 0 Å². The van der Waals surface area contributed by atoms with Crippen molar-refractivity contribution in [3.05, 3.63) is 119 Å². The second-order valence-corrected chi connectivity index (χ2v) is 11.1. The molecule has 0 aliphatic heterocycles. The van der Waals surface area contributed by atoms with E-state index in [1.54, 1.807) is 6.07 Å². The number of nitrogens with zero attached hydrogens (tertiary/aromatic N) is 2. The Morgan fingerprint density at radius 1 is 0.625 bits per heavy atom. The molecule has 5 aromatic rings. The van der Waals surface area contributed by atoms with Crippen molar-refractivity contribution < 1.29 is 13.0 Å². The lowest BCUT2D eigenvalue weighted by Gasteiger charge is -2.25. The molecule has 2 N–H and O–H groups in total. The fraction of sp³-hybridized carbons (Fsp3) is 0.188. The summed E-state index contributed by atoms with van der Waals surface area (Å²) in [5, 5.41) is 24.8. The zero-order valence-corrected chi connectivity index (χ0v) is 25.1. The fourth-order valence-electron chi connectivity index (χ4n) is 5.72. The molecular weight excluding hydrogens is 609 g/mol. The van der Waals surface area contributed by atoms with Gasteiger partial charge in [-0.25, -0.2) is 0 Å². The van der Waals surface area contributed by atoms with Gasteiger partial charge in [-0.2, -0.15) is 0 Å². The van der Waals surface area contributed by atoms with Crippen LogP contribution in [0.3, 0.4) is 0 Å². The summed E-state index contributed by atoms with van der Waals surface area (Å²) in [7, 11) is 3.38. The van der Waals surface area contributed by atoms with E-state index in [9.17, 15) is 10.0 Å². The third-order valence-electron chi connectivity index (χ3n) is 7.55. The fourth-order valence-corrected chi connectivity index (χ4v) is 6.06. The molecule has 0 bridgehead atoms. The molecule has 0 unspecified atom stereocenters. The molecule has 5 aromatic carbocycles. The van der Waals surface area contributed by atoms with Gasteiger partial charge in [-0.3, -0.25) is 9.80 Å². The molecule has 5 rings (SSSR count). The Hall–Kier alpha value is -2.72. The SMILES string of the molecule is CN(Cc1ccccc1BOI)Cc1c2ccccc2c(CN(C)Cc2ccccc2B(O)O)c2ccccc12. The Balaban J connectivity index is 1.50. The highest BCUT2D eigenvalue weighted by Gasteiger charge is 2.19. The number of benzene rings is 5. The van der Waals surface area contributed by atoms with Crippen LogP contribution in [-0.4, -0.2) is 48.5 Å². The van der Waals surface area contributed by atoms with E-state index in [0.29, 0.717) is 19.5 Å². The first-order valence-electron chi connectivity index (χ1n) is 13.5. The molecule has 0 amide bonds. The molecule has 0 saturated heterocycles. The summed E-state index contributed by atoms with van der Waals surface area (Å²) in [5.74, 6) is 0. The van der Waals surface area contributed by atoms with Crippen molar-refractivity contribution >= 4 is 70.1 Å². The van der Waals surface area contributed by atoms with Crippen LogP contribution in [0.5, 0.6) is 0 Å². The van der Waals surface area contributed by atoms with Crippen LogP contribution in [0, 0.1) is 0 Å². The molecular formula is C32H33B2IN2O3. The van der Waals surface area contributed by atoms with Crippen LogP contribution in [0.25, 0.3) is 21.5 Å². The zero-order chi connectivity index (χ0) is 28.1. The van der Waals surface area contributed by atoms with Gasteiger partial charge >= 0.3 is 14.6 Å². The molecule has 0 spiro atoms. The minimum Gasteiger partial charge on any atom is -0.423 e. The van der Waals surface area contributed by atoms with E-state index in [1.807, 2.05) is 41.2 Å². The van der Waals surface area contributed by atoms with Gasteiger partial charge in [0.1, 0.15) is 0 Å². The van der Waals surface area contributed by atoms with E-state index in [4.69, 9.17) is 2.98 Å². The first kappa shape index (κ1) is 28.8. The summed E-state index contributed by atoms with van der Waals surface area (Å²) < 4.78 is 5.41. The lowest BCUT2D eigenvalue weighted by atomic mass is 9.77. The summed E-state index contributed by atoms with van der Waals surface area (Å²) >= 11 is 1.96. The summed E-state index contributed by atoms with van der Waals surface area (Å²) in [6.45, 7) is 3.00. The van der Waals surface area contributed by atoms with Crippen molar-refractivity contribution in [3.8, 4) is 0 Å². The lowest BCUT2D eigenvalue weighted by molar-refractivity contribution is 0.320. The Kier molecular flexibility index (Phi) is 9.57. The summed E-state index contributed by atoms with van der Waals surface area (Å²) in [5.41, 5.74) is 6.58. The van der Waals surface area contributed by atoms with Crippen LogP contribution in [0.4, 0.5) is 0 Å². The second kappa shape index (κ2) is 13.3. The quantitative estimate of drug-likeness (QED) is 0.128. The molecule has 0 aliphatic carbocycles. The van der Waals surface area contributed by atoms with Gasteiger partial charge in [-0.1, -0.05) is 97.1 Å². The van der Waals surface area contributed by atoms with Crippen molar-refractivity contribution in [2.75, 3.05) is 14.1 Å². The second-order valence-electron chi connectivity index (χ2n) is 10.5. The molecule has 0 heterocycles. The lowest BCUT2D eigenvalue weighted by Crippen LogP contribution is -2.35. The molecule has 202 valence electrons. The highest BCUT2D eigenvalue weighted by atomic mass is 127. The van der Waals surface area contributed by atoms with Crippen molar-refractivity contribution in [3.63, 3.8) is 0 Å². The molecule has 40 heavy (non-hydrogen) atoms. The van der Waals surface area contributed by atoms with Crippen LogP contribution < -0.4 is 10.9 Å². The maximum Gasteiger partial charge on any atom is 0.488 e. The Labute approximate surface area is 251 Å². The minimum atomic E-state index is -1.48. The zero-order valence-electron chi connectivity index (χ0n) is 22.9. The Bertz CT molecular complexity index is 1560. The minimum absolute atomic E-state index is 0.550. The molecule has 5 nitrogen and oxygen atoms in total. The van der Waals surface area contributed by atoms with Crippen LogP contribution in [0.2, 0.25) is 0 Å². The Morgan fingerprint density at radius 3 is 1.55 bits per heavy atom. The van der Waals surface area contributed by atoms with E-state index in [2.05, 4.69) is 96.7 Å². The first-order valence-corrected chi connectivity index (χ1v) is 14.4. The van der Waals surface area contributed by atoms with Gasteiger partial charge in [0.2, 0.25) is 0 Å². The number of hydrogen-bond acceptors (Lipinski definition) is 5. The monoisotopic (exact) mass is 642 g/mol. The predicted octanol–water partition coefficient (Wildman–Crippen LogP) is 4.28. The maximum atomic E-state index is 9.85. The van der Waals surface area contributed by atoms with Crippen molar-refractivity contribution in [1.82, 2.24) is 9.80 Å². The van der Waals surface area contributed by atoms with E-state index in [-0.39, 0.29) is 0 Å². The standard InChI is InChI=1S/C32H33B2IN2O3/c1-36(19-23-11-3-9-17-31(23)33-40-35)21-29-25-13-5-7-15-27(25)30(28-16-8-6-14-26(28)29)22-37(2)20-24-12-4-10-18-32(24)34(38)39/h3-18,33,38-39H,19-22H2,1-2H3. The van der Waals surface area contributed by atoms with Gasteiger partial charge in [0.05, 0.1) is 23.0 Å². The van der Waals surface area contributed by atoms with Gasteiger partial charge in [-0.05, 0) is 68.8 Å². The van der Waals surface area contributed by atoms with E-state index < -0.39 is 7.12 Å². The molecule has 0 fully saturated rings. The maximum absolute atomic E-state index is 9.85. The highest BCUT2D eigenvalue weighted by Crippen LogP contribution is 2.34. The van der Waals surface area contributed by atoms with Crippen molar-refractivity contribution in [1.29, 1.82) is 0 Å². The topological polar surface area (TPSA) is 56.2 Å². The summed E-state index contributed by atoms with van der Waals surface area (Å²) in [6.07, 6.45) is 0. The third kappa shape index (κ3) is 6.43. The van der Waals surface area contributed by atoms with Crippen LogP contribution in [0.1, 0.15) is 22.3 Å². The van der Waals surface area contributed by atoms with E-state index in [1.165, 1.54) is 43.7 Å². The molecule has 0 saturated carbocycles. The molecule has 0 atom stereocenters. The van der Waals surface area contributed by atoms with E-state index >= 15 is 0 Å². The average molecular weight is 642 g/mol. The largest absolute Gasteiger partial charge is 0.488 e. The summed E-state index contributed by atoms with van der Waals surface area (Å²) in [4.78, 5) is 4.62. The van der Waals surface area contributed by atoms with E-state index in [0.717, 1.165) is 25.2 Å². The van der Waals surface area contributed by atoms with Gasteiger partial charge in [0, 0.05) is 26.2 Å². The van der Waals surface area contributed by atoms with Crippen LogP contribution in [0.15, 0.2) is 97.1 Å². The molecule has 0 aromatic heterocycles. The van der Waals surface area contributed by atoms with Crippen molar-refractivity contribution in [2.24, 2.45) is 0 Å². The van der Waals surface area contributed by atoms with Crippen molar-refractivity contribution in [2.45, 2.75) is 26.2 Å². The average Bonchev–Trinajstić information content (AvgIpc) is 2.96. The molecule has 8 heteroatoms. The van der Waals surface area contributed by atoms with Gasteiger partial charge in [-0.15, -0.1) is 0 Å². The summed E-state index contributed by atoms with van der Waals surface area (Å²) in [6, 6.07) is 33.4. The Morgan fingerprint density at radius 2 is 1.05 bits per heavy atom. The molecule has 0 aliphatic rings. The normalized spacial score (nSPS) is 11.6. The highest BCUT2D eigenvalue weighted by molar-refractivity contribution is 14.1. The first-order chi connectivity index (χ1) is 19.5. The van der Waals surface area contributed by atoms with Gasteiger partial charge < -0.3 is 13.0 Å². The third-order valence-corrected chi connectivity index (χ3v) is 7.86. The predicted molar refractivity (Wildman–Crippen MR) is 176 cm³/mol. The number of fused-ring (bicyclic) bond motifs is 2. The number of hydrogen-bond donors (Lipinski definition) is 2. The molecule has 0 radical (unpaired) electrons. The number of halogens is 1. The van der Waals surface area contributed by atoms with Crippen LogP contribution in [-0.2, 0) is 29.2 Å².